The number of carbonyl (C=O) groups excluding carboxylic acids is 1. The molecule has 0 saturated heterocycles. The monoisotopic (exact) mass is 424 g/mol. The van der Waals surface area contributed by atoms with Gasteiger partial charge in [-0.1, -0.05) is 30.3 Å². The van der Waals surface area contributed by atoms with E-state index in [4.69, 9.17) is 0 Å². The van der Waals surface area contributed by atoms with Crippen LogP contribution in [0.15, 0.2) is 77.8 Å². The van der Waals surface area contributed by atoms with Gasteiger partial charge in [0.05, 0.1) is 17.0 Å². The molecule has 1 aliphatic heterocycles. The van der Waals surface area contributed by atoms with E-state index in [1.807, 2.05) is 30.3 Å². The Balaban J connectivity index is 1.90. The Labute approximate surface area is 177 Å². The number of benzene rings is 3. The van der Waals surface area contributed by atoms with Crippen LogP contribution in [0.1, 0.15) is 22.3 Å². The SMILES string of the molecule is CN1C(=O)C(Cc2ccccc2)N=C(c2ccc(O)cc2)c2cc(C(F)(F)F)ccc21. The highest BCUT2D eigenvalue weighted by Crippen LogP contribution is 2.35. The number of phenols is 1. The van der Waals surface area contributed by atoms with E-state index in [1.54, 1.807) is 19.2 Å². The molecular formula is C24H19F3N2O2. The van der Waals surface area contributed by atoms with Crippen LogP contribution in [0.5, 0.6) is 5.75 Å². The second-order valence-corrected chi connectivity index (χ2v) is 7.36. The molecule has 0 spiro atoms. The molecule has 0 fully saturated rings. The molecule has 0 aliphatic carbocycles. The Morgan fingerprint density at radius 2 is 1.68 bits per heavy atom. The average Bonchev–Trinajstić information content (AvgIpc) is 2.85. The molecule has 1 heterocycles. The fraction of sp³-hybridized carbons (Fsp3) is 0.167. The molecule has 0 saturated carbocycles. The summed E-state index contributed by atoms with van der Waals surface area (Å²) in [6, 6.07) is 17.8. The number of phenolic OH excluding ortho intramolecular Hbond substituents is 1. The lowest BCUT2D eigenvalue weighted by Gasteiger charge is -2.21. The van der Waals surface area contributed by atoms with Crippen LogP contribution in [0.4, 0.5) is 18.9 Å². The van der Waals surface area contributed by atoms with Gasteiger partial charge in [-0.2, -0.15) is 13.2 Å². The Morgan fingerprint density at radius 3 is 2.32 bits per heavy atom. The number of fused-ring (bicyclic) bond motifs is 1. The molecule has 0 radical (unpaired) electrons. The van der Waals surface area contributed by atoms with Crippen molar-refractivity contribution in [3.8, 4) is 5.75 Å². The summed E-state index contributed by atoms with van der Waals surface area (Å²) in [6.07, 6.45) is -4.22. The van der Waals surface area contributed by atoms with Gasteiger partial charge in [-0.15, -0.1) is 0 Å². The zero-order valence-electron chi connectivity index (χ0n) is 16.6. The van der Waals surface area contributed by atoms with Crippen molar-refractivity contribution in [3.05, 3.63) is 95.1 Å². The van der Waals surface area contributed by atoms with Crippen molar-refractivity contribution in [1.29, 1.82) is 0 Å². The van der Waals surface area contributed by atoms with Gasteiger partial charge in [0.15, 0.2) is 0 Å². The van der Waals surface area contributed by atoms with E-state index in [-0.39, 0.29) is 22.9 Å². The molecular weight excluding hydrogens is 405 g/mol. The predicted molar refractivity (Wildman–Crippen MR) is 113 cm³/mol. The first-order valence-corrected chi connectivity index (χ1v) is 9.64. The van der Waals surface area contributed by atoms with Crippen LogP contribution in [0.2, 0.25) is 0 Å². The summed E-state index contributed by atoms with van der Waals surface area (Å²) >= 11 is 0. The fourth-order valence-corrected chi connectivity index (χ4v) is 3.64. The third kappa shape index (κ3) is 4.17. The zero-order valence-corrected chi connectivity index (χ0v) is 16.6. The molecule has 4 rings (SSSR count). The summed E-state index contributed by atoms with van der Waals surface area (Å²) in [5.74, 6) is -0.282. The van der Waals surface area contributed by atoms with Crippen LogP contribution in [0, 0.1) is 0 Å². The van der Waals surface area contributed by atoms with Crippen molar-refractivity contribution >= 4 is 17.3 Å². The molecule has 1 unspecified atom stereocenters. The number of nitrogens with zero attached hydrogens (tertiary/aromatic N) is 2. The van der Waals surface area contributed by atoms with Crippen LogP contribution in [0.25, 0.3) is 0 Å². The van der Waals surface area contributed by atoms with E-state index in [0.29, 0.717) is 17.7 Å². The zero-order chi connectivity index (χ0) is 22.2. The van der Waals surface area contributed by atoms with Crippen LogP contribution in [0.3, 0.4) is 0 Å². The quantitative estimate of drug-likeness (QED) is 0.655. The number of halogens is 3. The molecule has 1 aliphatic rings. The molecule has 31 heavy (non-hydrogen) atoms. The molecule has 4 nitrogen and oxygen atoms in total. The van der Waals surface area contributed by atoms with Crippen LogP contribution < -0.4 is 4.90 Å². The van der Waals surface area contributed by atoms with Gasteiger partial charge in [-0.05, 0) is 48.0 Å². The largest absolute Gasteiger partial charge is 0.508 e. The Kier molecular flexibility index (Phi) is 5.27. The number of amides is 1. The lowest BCUT2D eigenvalue weighted by Crippen LogP contribution is -2.36. The molecule has 158 valence electrons. The second kappa shape index (κ2) is 7.91. The van der Waals surface area contributed by atoms with E-state index < -0.39 is 17.8 Å². The first kappa shape index (κ1) is 20.7. The van der Waals surface area contributed by atoms with Crippen molar-refractivity contribution in [3.63, 3.8) is 0 Å². The van der Waals surface area contributed by atoms with Crippen LogP contribution in [-0.2, 0) is 17.4 Å². The third-order valence-corrected chi connectivity index (χ3v) is 5.25. The van der Waals surface area contributed by atoms with E-state index >= 15 is 0 Å². The van der Waals surface area contributed by atoms with Gasteiger partial charge in [0, 0.05) is 24.6 Å². The number of likely N-dealkylation sites (N-methyl/N-ethyl adjacent to an activating group) is 1. The number of benzodiazepines with no additional fused rings is 1. The lowest BCUT2D eigenvalue weighted by molar-refractivity contribution is -0.137. The second-order valence-electron chi connectivity index (χ2n) is 7.36. The molecule has 3 aromatic rings. The Hall–Kier alpha value is -3.61. The highest BCUT2D eigenvalue weighted by molar-refractivity contribution is 6.20. The minimum atomic E-state index is -4.53. The summed E-state index contributed by atoms with van der Waals surface area (Å²) in [5, 5.41) is 9.64. The van der Waals surface area contributed by atoms with Crippen molar-refractivity contribution in [2.24, 2.45) is 4.99 Å². The number of carbonyl (C=O) groups is 1. The first-order chi connectivity index (χ1) is 14.7. The fourth-order valence-electron chi connectivity index (χ4n) is 3.64. The maximum atomic E-state index is 13.4. The molecule has 1 amide bonds. The van der Waals surface area contributed by atoms with Crippen molar-refractivity contribution in [1.82, 2.24) is 0 Å². The summed E-state index contributed by atoms with van der Waals surface area (Å²) in [6.45, 7) is 0. The maximum Gasteiger partial charge on any atom is 0.416 e. The molecule has 0 bridgehead atoms. The molecule has 7 heteroatoms. The highest BCUT2D eigenvalue weighted by Gasteiger charge is 2.35. The van der Waals surface area contributed by atoms with Gasteiger partial charge in [0.1, 0.15) is 11.8 Å². The lowest BCUT2D eigenvalue weighted by atomic mass is 9.97. The minimum Gasteiger partial charge on any atom is -0.508 e. The summed E-state index contributed by atoms with van der Waals surface area (Å²) in [7, 11) is 1.54. The molecule has 1 N–H and O–H groups in total. The smallest absolute Gasteiger partial charge is 0.416 e. The Bertz CT molecular complexity index is 1140. The number of aromatic hydroxyl groups is 1. The third-order valence-electron chi connectivity index (χ3n) is 5.25. The standard InChI is InChI=1S/C24H19F3N2O2/c1-29-21-12-9-17(24(25,26)27)14-19(21)22(16-7-10-18(30)11-8-16)28-20(23(29)31)13-15-5-3-2-4-6-15/h2-12,14,20,30H,13H2,1H3. The van der Waals surface area contributed by atoms with Crippen molar-refractivity contribution in [2.45, 2.75) is 18.6 Å². The number of alkyl halides is 3. The molecule has 3 aromatic carbocycles. The van der Waals surface area contributed by atoms with E-state index in [1.165, 1.54) is 23.1 Å². The first-order valence-electron chi connectivity index (χ1n) is 9.64. The summed E-state index contributed by atoms with van der Waals surface area (Å²) in [5.41, 5.74) is 1.43. The maximum absolute atomic E-state index is 13.4. The van der Waals surface area contributed by atoms with Gasteiger partial charge in [-0.25, -0.2) is 0 Å². The van der Waals surface area contributed by atoms with Gasteiger partial charge >= 0.3 is 6.18 Å². The van der Waals surface area contributed by atoms with E-state index in [2.05, 4.69) is 4.99 Å². The van der Waals surface area contributed by atoms with Gasteiger partial charge in [0.2, 0.25) is 0 Å². The Morgan fingerprint density at radius 1 is 1.00 bits per heavy atom. The van der Waals surface area contributed by atoms with Gasteiger partial charge < -0.3 is 10.0 Å². The normalized spacial score (nSPS) is 16.5. The minimum absolute atomic E-state index is 0.0243. The summed E-state index contributed by atoms with van der Waals surface area (Å²) < 4.78 is 40.3. The van der Waals surface area contributed by atoms with E-state index in [9.17, 15) is 23.1 Å². The highest BCUT2D eigenvalue weighted by atomic mass is 19.4. The molecule has 0 aromatic heterocycles. The number of anilines is 1. The van der Waals surface area contributed by atoms with Crippen LogP contribution >= 0.6 is 0 Å². The molecule has 1 atom stereocenters. The van der Waals surface area contributed by atoms with Crippen molar-refractivity contribution < 1.29 is 23.1 Å². The van der Waals surface area contributed by atoms with E-state index in [0.717, 1.165) is 17.7 Å². The predicted octanol–water partition coefficient (Wildman–Crippen LogP) is 4.84. The number of rotatable bonds is 3. The van der Waals surface area contributed by atoms with Gasteiger partial charge in [-0.3, -0.25) is 9.79 Å². The average molecular weight is 424 g/mol. The van der Waals surface area contributed by atoms with Crippen molar-refractivity contribution in [2.75, 3.05) is 11.9 Å². The number of aliphatic imine (C=N–C) groups is 1. The topological polar surface area (TPSA) is 52.9 Å². The number of hydrogen-bond acceptors (Lipinski definition) is 3. The van der Waals surface area contributed by atoms with Crippen LogP contribution in [-0.4, -0.2) is 29.8 Å². The number of hydrogen-bond donors (Lipinski definition) is 1. The van der Waals surface area contributed by atoms with Gasteiger partial charge in [0.25, 0.3) is 5.91 Å². The summed E-state index contributed by atoms with van der Waals surface area (Å²) in [4.78, 5) is 19.2.